The number of nitrogens with zero attached hydrogens (tertiary/aromatic N) is 2. The van der Waals surface area contributed by atoms with Gasteiger partial charge in [0.2, 0.25) is 5.95 Å². The van der Waals surface area contributed by atoms with Gasteiger partial charge in [0.1, 0.15) is 0 Å². The third kappa shape index (κ3) is 3.37. The van der Waals surface area contributed by atoms with E-state index in [1.807, 2.05) is 30.3 Å². The summed E-state index contributed by atoms with van der Waals surface area (Å²) in [5, 5.41) is 4.52. The number of aromatic amines is 1. The van der Waals surface area contributed by atoms with E-state index in [1.165, 1.54) is 19.3 Å². The average Bonchev–Trinajstić information content (AvgIpc) is 2.63. The summed E-state index contributed by atoms with van der Waals surface area (Å²) in [6.45, 7) is 0. The SMILES string of the molecule is O=c1[nH]c(NC2CCCCC2)nc2nccc(-c3ccc(Cl)cc3)c12. The molecule has 0 bridgehead atoms. The summed E-state index contributed by atoms with van der Waals surface area (Å²) in [6, 6.07) is 9.61. The Labute approximate surface area is 150 Å². The quantitative estimate of drug-likeness (QED) is 0.732. The first kappa shape index (κ1) is 16.1. The van der Waals surface area contributed by atoms with Gasteiger partial charge in [0.15, 0.2) is 5.65 Å². The highest BCUT2D eigenvalue weighted by molar-refractivity contribution is 6.30. The number of pyridine rings is 1. The third-order valence-corrected chi connectivity index (χ3v) is 4.96. The number of H-pyrrole nitrogens is 1. The van der Waals surface area contributed by atoms with Crippen molar-refractivity contribution in [2.45, 2.75) is 38.1 Å². The summed E-state index contributed by atoms with van der Waals surface area (Å²) < 4.78 is 0. The van der Waals surface area contributed by atoms with Crippen molar-refractivity contribution < 1.29 is 0 Å². The molecule has 0 spiro atoms. The number of anilines is 1. The fourth-order valence-corrected chi connectivity index (χ4v) is 3.57. The number of halogens is 1. The normalized spacial score (nSPS) is 15.4. The maximum absolute atomic E-state index is 12.7. The summed E-state index contributed by atoms with van der Waals surface area (Å²) in [5.41, 5.74) is 1.99. The lowest BCUT2D eigenvalue weighted by Crippen LogP contribution is -2.25. The number of benzene rings is 1. The summed E-state index contributed by atoms with van der Waals surface area (Å²) in [4.78, 5) is 24.4. The molecule has 1 saturated carbocycles. The number of rotatable bonds is 3. The number of fused-ring (bicyclic) bond motifs is 1. The Morgan fingerprint density at radius 2 is 1.84 bits per heavy atom. The number of hydrogen-bond donors (Lipinski definition) is 2. The molecule has 2 N–H and O–H groups in total. The Balaban J connectivity index is 1.75. The second kappa shape index (κ2) is 6.84. The molecular weight excluding hydrogens is 336 g/mol. The molecule has 1 aliphatic rings. The van der Waals surface area contributed by atoms with Crippen molar-refractivity contribution in [2.75, 3.05) is 5.32 Å². The fraction of sp³-hybridized carbons (Fsp3) is 0.316. The first-order chi connectivity index (χ1) is 12.2. The van der Waals surface area contributed by atoms with Gasteiger partial charge in [0.25, 0.3) is 5.56 Å². The molecule has 6 heteroatoms. The van der Waals surface area contributed by atoms with E-state index < -0.39 is 0 Å². The molecule has 0 atom stereocenters. The minimum Gasteiger partial charge on any atom is -0.353 e. The Morgan fingerprint density at radius 3 is 2.60 bits per heavy atom. The lowest BCUT2D eigenvalue weighted by molar-refractivity contribution is 0.461. The van der Waals surface area contributed by atoms with Crippen molar-refractivity contribution in [2.24, 2.45) is 0 Å². The molecule has 4 rings (SSSR count). The van der Waals surface area contributed by atoms with Gasteiger partial charge in [-0.2, -0.15) is 4.98 Å². The molecule has 0 aliphatic heterocycles. The maximum Gasteiger partial charge on any atom is 0.262 e. The standard InChI is InChI=1S/C19H19ClN4O/c20-13-8-6-12(7-9-13)15-10-11-21-17-16(15)18(25)24-19(23-17)22-14-4-2-1-3-5-14/h6-11,14H,1-5H2,(H2,21,22,23,24,25). The largest absolute Gasteiger partial charge is 0.353 e. The van der Waals surface area contributed by atoms with E-state index >= 15 is 0 Å². The third-order valence-electron chi connectivity index (χ3n) is 4.71. The van der Waals surface area contributed by atoms with Crippen molar-refractivity contribution in [3.63, 3.8) is 0 Å². The fourth-order valence-electron chi connectivity index (χ4n) is 3.44. The van der Waals surface area contributed by atoms with Gasteiger partial charge < -0.3 is 5.32 Å². The first-order valence-electron chi connectivity index (χ1n) is 8.62. The van der Waals surface area contributed by atoms with E-state index in [9.17, 15) is 4.79 Å². The Hall–Kier alpha value is -2.40. The van der Waals surface area contributed by atoms with Crippen LogP contribution in [-0.2, 0) is 0 Å². The van der Waals surface area contributed by atoms with Gasteiger partial charge in [-0.15, -0.1) is 0 Å². The summed E-state index contributed by atoms with van der Waals surface area (Å²) in [6.07, 6.45) is 7.62. The summed E-state index contributed by atoms with van der Waals surface area (Å²) >= 11 is 5.96. The van der Waals surface area contributed by atoms with Crippen LogP contribution in [0.25, 0.3) is 22.2 Å². The molecule has 0 unspecified atom stereocenters. The monoisotopic (exact) mass is 354 g/mol. The Bertz CT molecular complexity index is 946. The zero-order chi connectivity index (χ0) is 17.2. The van der Waals surface area contributed by atoms with Crippen LogP contribution in [0, 0.1) is 0 Å². The molecule has 0 saturated heterocycles. The average molecular weight is 355 g/mol. The molecule has 128 valence electrons. The molecule has 2 aromatic heterocycles. The molecule has 3 aromatic rings. The van der Waals surface area contributed by atoms with Crippen LogP contribution < -0.4 is 10.9 Å². The van der Waals surface area contributed by atoms with Crippen molar-refractivity contribution in [3.8, 4) is 11.1 Å². The zero-order valence-electron chi connectivity index (χ0n) is 13.8. The smallest absolute Gasteiger partial charge is 0.262 e. The van der Waals surface area contributed by atoms with Crippen LogP contribution >= 0.6 is 11.6 Å². The second-order valence-corrected chi connectivity index (χ2v) is 6.89. The number of aromatic nitrogens is 3. The van der Waals surface area contributed by atoms with Crippen LogP contribution in [0.3, 0.4) is 0 Å². The number of hydrogen-bond acceptors (Lipinski definition) is 4. The Kier molecular flexibility index (Phi) is 4.40. The Morgan fingerprint density at radius 1 is 1.08 bits per heavy atom. The van der Waals surface area contributed by atoms with Gasteiger partial charge in [-0.3, -0.25) is 9.78 Å². The highest BCUT2D eigenvalue weighted by Crippen LogP contribution is 2.26. The van der Waals surface area contributed by atoms with Crippen LogP contribution in [0.2, 0.25) is 5.02 Å². The van der Waals surface area contributed by atoms with Gasteiger partial charge in [-0.05, 0) is 42.2 Å². The minimum absolute atomic E-state index is 0.179. The number of nitrogens with one attached hydrogen (secondary N) is 2. The van der Waals surface area contributed by atoms with Gasteiger partial charge in [-0.1, -0.05) is 43.0 Å². The molecule has 1 aliphatic carbocycles. The van der Waals surface area contributed by atoms with Gasteiger partial charge in [0.05, 0.1) is 5.39 Å². The van der Waals surface area contributed by atoms with Crippen LogP contribution in [-0.4, -0.2) is 21.0 Å². The van der Waals surface area contributed by atoms with E-state index in [0.717, 1.165) is 24.0 Å². The highest BCUT2D eigenvalue weighted by Gasteiger charge is 2.16. The van der Waals surface area contributed by atoms with E-state index in [1.54, 1.807) is 6.20 Å². The predicted molar refractivity (Wildman–Crippen MR) is 101 cm³/mol. The van der Waals surface area contributed by atoms with E-state index in [-0.39, 0.29) is 5.56 Å². The molecule has 5 nitrogen and oxygen atoms in total. The van der Waals surface area contributed by atoms with E-state index in [2.05, 4.69) is 20.3 Å². The topological polar surface area (TPSA) is 70.7 Å². The molecule has 25 heavy (non-hydrogen) atoms. The lowest BCUT2D eigenvalue weighted by Gasteiger charge is -2.22. The predicted octanol–water partition coefficient (Wildman–Crippen LogP) is 4.38. The highest BCUT2D eigenvalue weighted by atomic mass is 35.5. The molecular formula is C19H19ClN4O. The first-order valence-corrected chi connectivity index (χ1v) is 9.00. The van der Waals surface area contributed by atoms with Crippen molar-refractivity contribution in [1.29, 1.82) is 0 Å². The lowest BCUT2D eigenvalue weighted by atomic mass is 9.96. The van der Waals surface area contributed by atoms with Gasteiger partial charge >= 0.3 is 0 Å². The van der Waals surface area contributed by atoms with Crippen LogP contribution in [0.5, 0.6) is 0 Å². The van der Waals surface area contributed by atoms with Gasteiger partial charge in [-0.25, -0.2) is 4.98 Å². The second-order valence-electron chi connectivity index (χ2n) is 6.46. The van der Waals surface area contributed by atoms with Gasteiger partial charge in [0, 0.05) is 17.3 Å². The maximum atomic E-state index is 12.7. The van der Waals surface area contributed by atoms with Crippen LogP contribution in [0.15, 0.2) is 41.3 Å². The van der Waals surface area contributed by atoms with Crippen molar-refractivity contribution in [1.82, 2.24) is 15.0 Å². The summed E-state index contributed by atoms with van der Waals surface area (Å²) in [5.74, 6) is 0.505. The molecule has 0 amide bonds. The molecule has 2 heterocycles. The summed E-state index contributed by atoms with van der Waals surface area (Å²) in [7, 11) is 0. The van der Waals surface area contributed by atoms with Crippen molar-refractivity contribution >= 4 is 28.6 Å². The molecule has 0 radical (unpaired) electrons. The molecule has 1 fully saturated rings. The van der Waals surface area contributed by atoms with E-state index in [0.29, 0.717) is 28.0 Å². The van der Waals surface area contributed by atoms with E-state index in [4.69, 9.17) is 11.6 Å². The zero-order valence-corrected chi connectivity index (χ0v) is 14.5. The van der Waals surface area contributed by atoms with Crippen LogP contribution in [0.4, 0.5) is 5.95 Å². The van der Waals surface area contributed by atoms with Crippen LogP contribution in [0.1, 0.15) is 32.1 Å². The molecule has 1 aromatic carbocycles. The minimum atomic E-state index is -0.179. The van der Waals surface area contributed by atoms with Crippen molar-refractivity contribution in [3.05, 3.63) is 51.9 Å².